The number of esters is 1. The lowest BCUT2D eigenvalue weighted by Crippen LogP contribution is -2.21. The second kappa shape index (κ2) is 9.13. The van der Waals surface area contributed by atoms with Gasteiger partial charge < -0.3 is 14.8 Å². The van der Waals surface area contributed by atoms with Gasteiger partial charge in [0.15, 0.2) is 6.61 Å². The Labute approximate surface area is 180 Å². The average molecular weight is 424 g/mol. The van der Waals surface area contributed by atoms with Crippen molar-refractivity contribution in [1.29, 1.82) is 0 Å². The Morgan fingerprint density at radius 2 is 1.67 bits per heavy atom. The van der Waals surface area contributed by atoms with Gasteiger partial charge in [-0.05, 0) is 49.9 Å². The second-order valence-corrected chi connectivity index (χ2v) is 8.10. The number of carbonyl (C=O) groups excluding carboxylic acids is 2. The van der Waals surface area contributed by atoms with Gasteiger partial charge >= 0.3 is 5.97 Å². The van der Waals surface area contributed by atoms with Gasteiger partial charge in [0.05, 0.1) is 7.11 Å². The van der Waals surface area contributed by atoms with E-state index in [1.54, 1.807) is 0 Å². The van der Waals surface area contributed by atoms with E-state index in [4.69, 9.17) is 9.47 Å². The number of aryl methyl sites for hydroxylation is 4. The molecule has 0 aliphatic rings. The molecule has 0 saturated carbocycles. The first-order valence-electron chi connectivity index (χ1n) is 9.58. The van der Waals surface area contributed by atoms with Crippen LogP contribution in [0.4, 0.5) is 5.00 Å². The maximum Gasteiger partial charge on any atom is 0.341 e. The summed E-state index contributed by atoms with van der Waals surface area (Å²) in [5, 5.41) is 5.14. The minimum absolute atomic E-state index is 0.150. The third kappa shape index (κ3) is 4.54. The zero-order valence-electron chi connectivity index (χ0n) is 17.8. The van der Waals surface area contributed by atoms with Crippen LogP contribution >= 0.6 is 11.3 Å². The van der Waals surface area contributed by atoms with E-state index in [0.717, 1.165) is 33.4 Å². The molecule has 156 valence electrons. The molecule has 6 heteroatoms. The van der Waals surface area contributed by atoms with E-state index >= 15 is 0 Å². The monoisotopic (exact) mass is 423 g/mol. The molecule has 0 aliphatic heterocycles. The van der Waals surface area contributed by atoms with Crippen molar-refractivity contribution in [3.63, 3.8) is 0 Å². The van der Waals surface area contributed by atoms with E-state index in [2.05, 4.69) is 5.32 Å². The molecular weight excluding hydrogens is 398 g/mol. The first-order chi connectivity index (χ1) is 14.3. The highest BCUT2D eigenvalue weighted by Crippen LogP contribution is 2.38. The number of ether oxygens (including phenoxy) is 2. The Bertz CT molecular complexity index is 1080. The minimum atomic E-state index is -0.488. The van der Waals surface area contributed by atoms with Crippen molar-refractivity contribution in [2.24, 2.45) is 0 Å². The van der Waals surface area contributed by atoms with Gasteiger partial charge in [0, 0.05) is 10.9 Å². The highest BCUT2D eigenvalue weighted by atomic mass is 32.1. The number of nitrogens with one attached hydrogen (secondary N) is 1. The topological polar surface area (TPSA) is 64.6 Å². The predicted octanol–water partition coefficient (Wildman–Crippen LogP) is 5.45. The highest BCUT2D eigenvalue weighted by Gasteiger charge is 2.23. The molecule has 0 unspecified atom stereocenters. The molecule has 5 nitrogen and oxygen atoms in total. The van der Waals surface area contributed by atoms with E-state index in [0.29, 0.717) is 16.3 Å². The number of hydrogen-bond acceptors (Lipinski definition) is 5. The molecule has 3 rings (SSSR count). The van der Waals surface area contributed by atoms with Crippen molar-refractivity contribution in [1.82, 2.24) is 0 Å². The van der Waals surface area contributed by atoms with Crippen LogP contribution < -0.4 is 10.1 Å². The summed E-state index contributed by atoms with van der Waals surface area (Å²) in [4.78, 5) is 25.1. The molecule has 30 heavy (non-hydrogen) atoms. The average Bonchev–Trinajstić information content (AvgIpc) is 3.12. The van der Waals surface area contributed by atoms with Gasteiger partial charge in [0.2, 0.25) is 0 Å². The van der Waals surface area contributed by atoms with Crippen LogP contribution in [0.15, 0.2) is 41.8 Å². The Kier molecular flexibility index (Phi) is 6.57. The van der Waals surface area contributed by atoms with Gasteiger partial charge in [-0.15, -0.1) is 11.3 Å². The normalized spacial score (nSPS) is 10.6. The van der Waals surface area contributed by atoms with Crippen LogP contribution in [0.3, 0.4) is 0 Å². The molecule has 1 amide bonds. The van der Waals surface area contributed by atoms with E-state index < -0.39 is 5.97 Å². The summed E-state index contributed by atoms with van der Waals surface area (Å²) in [5.41, 5.74) is 6.11. The minimum Gasteiger partial charge on any atom is -0.483 e. The van der Waals surface area contributed by atoms with Crippen molar-refractivity contribution in [3.05, 3.63) is 69.6 Å². The van der Waals surface area contributed by atoms with Crippen molar-refractivity contribution in [2.45, 2.75) is 27.7 Å². The molecule has 0 saturated heterocycles. The van der Waals surface area contributed by atoms with Gasteiger partial charge in [-0.3, -0.25) is 4.79 Å². The van der Waals surface area contributed by atoms with Gasteiger partial charge in [0.25, 0.3) is 5.91 Å². The predicted molar refractivity (Wildman–Crippen MR) is 121 cm³/mol. The standard InChI is InChI=1S/C24H25NO4S/c1-14-9-10-15(2)18(11-14)19-13-30-23(21(19)24(27)28-5)25-20(26)12-29-22-16(3)7-6-8-17(22)4/h6-11,13H,12H2,1-5H3,(H,25,26). The Hall–Kier alpha value is -3.12. The maximum atomic E-state index is 12.6. The number of para-hydroxylation sites is 1. The summed E-state index contributed by atoms with van der Waals surface area (Å²) in [6, 6.07) is 11.9. The molecule has 3 aromatic rings. The van der Waals surface area contributed by atoms with Crippen molar-refractivity contribution >= 4 is 28.2 Å². The first kappa shape index (κ1) is 21.6. The Balaban J connectivity index is 1.85. The van der Waals surface area contributed by atoms with Crippen LogP contribution in [-0.4, -0.2) is 25.6 Å². The Morgan fingerprint density at radius 3 is 2.33 bits per heavy atom. The lowest BCUT2D eigenvalue weighted by atomic mass is 9.97. The summed E-state index contributed by atoms with van der Waals surface area (Å²) in [6.07, 6.45) is 0. The van der Waals surface area contributed by atoms with Gasteiger partial charge in [-0.2, -0.15) is 0 Å². The number of anilines is 1. The molecule has 1 aromatic heterocycles. The summed E-state index contributed by atoms with van der Waals surface area (Å²) in [7, 11) is 1.34. The zero-order valence-corrected chi connectivity index (χ0v) is 18.6. The molecule has 0 radical (unpaired) electrons. The summed E-state index contributed by atoms with van der Waals surface area (Å²) >= 11 is 1.30. The molecule has 0 fully saturated rings. The van der Waals surface area contributed by atoms with E-state index in [9.17, 15) is 9.59 Å². The zero-order chi connectivity index (χ0) is 21.8. The fourth-order valence-electron chi connectivity index (χ4n) is 3.31. The van der Waals surface area contributed by atoms with Crippen LogP contribution in [0.5, 0.6) is 5.75 Å². The van der Waals surface area contributed by atoms with Crippen LogP contribution in [-0.2, 0) is 9.53 Å². The van der Waals surface area contributed by atoms with Crippen molar-refractivity contribution in [3.8, 4) is 16.9 Å². The molecule has 0 spiro atoms. The second-order valence-electron chi connectivity index (χ2n) is 7.22. The first-order valence-corrected chi connectivity index (χ1v) is 10.5. The van der Waals surface area contributed by atoms with Crippen LogP contribution in [0, 0.1) is 27.7 Å². The van der Waals surface area contributed by atoms with Crippen LogP contribution in [0.1, 0.15) is 32.6 Å². The number of amides is 1. The highest BCUT2D eigenvalue weighted by molar-refractivity contribution is 7.15. The number of benzene rings is 2. The molecular formula is C24H25NO4S. The number of thiophene rings is 1. The smallest absolute Gasteiger partial charge is 0.341 e. The summed E-state index contributed by atoms with van der Waals surface area (Å²) < 4.78 is 10.7. The fraction of sp³-hybridized carbons (Fsp3) is 0.250. The third-order valence-electron chi connectivity index (χ3n) is 4.87. The van der Waals surface area contributed by atoms with E-state index in [1.165, 1.54) is 18.4 Å². The van der Waals surface area contributed by atoms with Crippen LogP contribution in [0.2, 0.25) is 0 Å². The third-order valence-corrected chi connectivity index (χ3v) is 5.77. The van der Waals surface area contributed by atoms with E-state index in [-0.39, 0.29) is 12.5 Å². The maximum absolute atomic E-state index is 12.6. The molecule has 0 atom stereocenters. The molecule has 1 heterocycles. The van der Waals surface area contributed by atoms with E-state index in [1.807, 2.05) is 69.5 Å². The van der Waals surface area contributed by atoms with Crippen LogP contribution in [0.25, 0.3) is 11.1 Å². The molecule has 0 bridgehead atoms. The summed E-state index contributed by atoms with van der Waals surface area (Å²) in [5.74, 6) is -0.126. The molecule has 1 N–H and O–H groups in total. The number of methoxy groups -OCH3 is 1. The Morgan fingerprint density at radius 1 is 0.967 bits per heavy atom. The number of carbonyl (C=O) groups is 2. The van der Waals surface area contributed by atoms with Gasteiger partial charge in [-0.25, -0.2) is 4.79 Å². The van der Waals surface area contributed by atoms with Gasteiger partial charge in [-0.1, -0.05) is 42.0 Å². The van der Waals surface area contributed by atoms with Crippen molar-refractivity contribution < 1.29 is 19.1 Å². The van der Waals surface area contributed by atoms with Crippen molar-refractivity contribution in [2.75, 3.05) is 19.0 Å². The fourth-order valence-corrected chi connectivity index (χ4v) is 4.27. The lowest BCUT2D eigenvalue weighted by Gasteiger charge is -2.12. The largest absolute Gasteiger partial charge is 0.483 e. The molecule has 0 aliphatic carbocycles. The SMILES string of the molecule is COC(=O)c1c(-c2cc(C)ccc2C)csc1NC(=O)COc1c(C)cccc1C. The number of rotatable bonds is 6. The van der Waals surface area contributed by atoms with Gasteiger partial charge in [0.1, 0.15) is 16.3 Å². The number of hydrogen-bond donors (Lipinski definition) is 1. The summed E-state index contributed by atoms with van der Waals surface area (Å²) in [6.45, 7) is 7.71. The molecule has 2 aromatic carbocycles. The quantitative estimate of drug-likeness (QED) is 0.535. The lowest BCUT2D eigenvalue weighted by molar-refractivity contribution is -0.118.